The second kappa shape index (κ2) is 5.01. The van der Waals surface area contributed by atoms with Gasteiger partial charge in [0.15, 0.2) is 0 Å². The molecule has 0 saturated heterocycles. The standard InChI is InChI=1S/C12H11N/c1-3-5-6-7-12-9-8-11(4-2)10-13-12/h2,8-10H,3,5H2,1H3. The third-order valence-corrected chi connectivity index (χ3v) is 1.52. The Morgan fingerprint density at radius 2 is 2.31 bits per heavy atom. The van der Waals surface area contributed by atoms with Crippen molar-refractivity contribution < 1.29 is 0 Å². The number of unbranched alkanes of at least 4 members (excludes halogenated alkanes) is 1. The van der Waals surface area contributed by atoms with E-state index >= 15 is 0 Å². The summed E-state index contributed by atoms with van der Waals surface area (Å²) in [5, 5.41) is 0. The van der Waals surface area contributed by atoms with Gasteiger partial charge in [0, 0.05) is 18.2 Å². The summed E-state index contributed by atoms with van der Waals surface area (Å²) in [5.74, 6) is 8.50. The highest BCUT2D eigenvalue weighted by Crippen LogP contribution is 1.97. The molecule has 1 nitrogen and oxygen atoms in total. The Balaban J connectivity index is 2.72. The van der Waals surface area contributed by atoms with Crippen molar-refractivity contribution in [1.82, 2.24) is 4.98 Å². The number of hydrogen-bond donors (Lipinski definition) is 0. The highest BCUT2D eigenvalue weighted by molar-refractivity contribution is 5.34. The molecule has 13 heavy (non-hydrogen) atoms. The molecule has 64 valence electrons. The van der Waals surface area contributed by atoms with Gasteiger partial charge in [-0.2, -0.15) is 0 Å². The summed E-state index contributed by atoms with van der Waals surface area (Å²) in [7, 11) is 0. The molecule has 0 N–H and O–H groups in total. The van der Waals surface area contributed by atoms with Crippen LogP contribution in [0.5, 0.6) is 0 Å². The molecule has 0 amide bonds. The van der Waals surface area contributed by atoms with Crippen LogP contribution in [0.3, 0.4) is 0 Å². The highest BCUT2D eigenvalue weighted by Gasteiger charge is 1.88. The zero-order valence-electron chi connectivity index (χ0n) is 7.67. The first-order valence-electron chi connectivity index (χ1n) is 4.28. The van der Waals surface area contributed by atoms with E-state index in [1.165, 1.54) is 0 Å². The average molecular weight is 169 g/mol. The first kappa shape index (κ1) is 9.36. The molecule has 0 aromatic carbocycles. The van der Waals surface area contributed by atoms with Crippen LogP contribution in [-0.4, -0.2) is 4.98 Å². The third kappa shape index (κ3) is 3.01. The quantitative estimate of drug-likeness (QED) is 0.587. The largest absolute Gasteiger partial charge is 0.246 e. The van der Waals surface area contributed by atoms with Gasteiger partial charge >= 0.3 is 0 Å². The van der Waals surface area contributed by atoms with Crippen molar-refractivity contribution >= 4 is 0 Å². The van der Waals surface area contributed by atoms with E-state index in [-0.39, 0.29) is 0 Å². The molecule has 0 atom stereocenters. The lowest BCUT2D eigenvalue weighted by Gasteiger charge is -1.89. The molecule has 1 aromatic rings. The van der Waals surface area contributed by atoms with E-state index in [1.54, 1.807) is 6.20 Å². The fraction of sp³-hybridized carbons (Fsp3) is 0.250. The summed E-state index contributed by atoms with van der Waals surface area (Å²) < 4.78 is 0. The van der Waals surface area contributed by atoms with Crippen molar-refractivity contribution in [2.75, 3.05) is 0 Å². The first-order chi connectivity index (χ1) is 6.36. The SMILES string of the molecule is C#Cc1ccc(C#CCCC)nc1. The minimum absolute atomic E-state index is 0.785. The number of terminal acetylenes is 1. The Hall–Kier alpha value is -1.73. The van der Waals surface area contributed by atoms with E-state index in [2.05, 4.69) is 29.7 Å². The van der Waals surface area contributed by atoms with Gasteiger partial charge in [0.2, 0.25) is 0 Å². The third-order valence-electron chi connectivity index (χ3n) is 1.52. The van der Waals surface area contributed by atoms with Gasteiger partial charge in [-0.3, -0.25) is 0 Å². The van der Waals surface area contributed by atoms with Gasteiger partial charge in [0.05, 0.1) is 0 Å². The van der Waals surface area contributed by atoms with Crippen molar-refractivity contribution in [3.8, 4) is 24.2 Å². The zero-order valence-corrected chi connectivity index (χ0v) is 7.67. The summed E-state index contributed by atoms with van der Waals surface area (Å²) in [6.07, 6.45) is 8.85. The van der Waals surface area contributed by atoms with Crippen molar-refractivity contribution in [3.05, 3.63) is 29.6 Å². The number of rotatable bonds is 1. The van der Waals surface area contributed by atoms with Crippen LogP contribution in [-0.2, 0) is 0 Å². The molecule has 0 saturated carbocycles. The molecule has 1 aromatic heterocycles. The normalized spacial score (nSPS) is 8.31. The van der Waals surface area contributed by atoms with E-state index in [0.29, 0.717) is 0 Å². The van der Waals surface area contributed by atoms with Crippen LogP contribution in [0.4, 0.5) is 0 Å². The minimum atomic E-state index is 0.785. The van der Waals surface area contributed by atoms with Crippen LogP contribution in [0, 0.1) is 24.2 Å². The number of aromatic nitrogens is 1. The second-order valence-electron chi connectivity index (χ2n) is 2.63. The maximum atomic E-state index is 5.20. The Labute approximate surface area is 79.2 Å². The molecule has 1 rings (SSSR count). The zero-order chi connectivity index (χ0) is 9.52. The van der Waals surface area contributed by atoms with Crippen LogP contribution >= 0.6 is 0 Å². The van der Waals surface area contributed by atoms with Gasteiger partial charge in [-0.1, -0.05) is 18.8 Å². The second-order valence-corrected chi connectivity index (χ2v) is 2.63. The Bertz CT molecular complexity index is 357. The number of hydrogen-bond acceptors (Lipinski definition) is 1. The Morgan fingerprint density at radius 3 is 2.85 bits per heavy atom. The highest BCUT2D eigenvalue weighted by atomic mass is 14.7. The number of nitrogens with zero attached hydrogens (tertiary/aromatic N) is 1. The molecular formula is C12H11N. The summed E-state index contributed by atoms with van der Waals surface area (Å²) in [4.78, 5) is 4.11. The molecule has 0 spiro atoms. The fourth-order valence-electron chi connectivity index (χ4n) is 0.831. The van der Waals surface area contributed by atoms with Crippen LogP contribution in [0.25, 0.3) is 0 Å². The lowest BCUT2D eigenvalue weighted by atomic mass is 10.2. The fourth-order valence-corrected chi connectivity index (χ4v) is 0.831. The molecule has 1 heteroatoms. The van der Waals surface area contributed by atoms with Crippen molar-refractivity contribution in [2.45, 2.75) is 19.8 Å². The first-order valence-corrected chi connectivity index (χ1v) is 4.28. The lowest BCUT2D eigenvalue weighted by Crippen LogP contribution is -1.82. The maximum absolute atomic E-state index is 5.20. The van der Waals surface area contributed by atoms with Crippen LogP contribution in [0.1, 0.15) is 31.0 Å². The van der Waals surface area contributed by atoms with Gasteiger partial charge < -0.3 is 0 Å². The smallest absolute Gasteiger partial charge is 0.113 e. The van der Waals surface area contributed by atoms with E-state index in [9.17, 15) is 0 Å². The summed E-state index contributed by atoms with van der Waals surface area (Å²) in [5.41, 5.74) is 1.58. The van der Waals surface area contributed by atoms with Gasteiger partial charge in [-0.15, -0.1) is 6.42 Å². The minimum Gasteiger partial charge on any atom is -0.246 e. The molecule has 0 aliphatic carbocycles. The van der Waals surface area contributed by atoms with E-state index < -0.39 is 0 Å². The molecule has 0 fully saturated rings. The summed E-state index contributed by atoms with van der Waals surface area (Å²) in [6, 6.07) is 3.70. The molecule has 0 aliphatic heterocycles. The molecule has 0 radical (unpaired) electrons. The Kier molecular flexibility index (Phi) is 3.61. The average Bonchev–Trinajstić information content (AvgIpc) is 2.19. The van der Waals surface area contributed by atoms with E-state index in [0.717, 1.165) is 24.1 Å². The molecule has 0 bridgehead atoms. The van der Waals surface area contributed by atoms with Crippen LogP contribution in [0.2, 0.25) is 0 Å². The van der Waals surface area contributed by atoms with E-state index in [1.807, 2.05) is 12.1 Å². The monoisotopic (exact) mass is 169 g/mol. The van der Waals surface area contributed by atoms with Gasteiger partial charge in [-0.25, -0.2) is 4.98 Å². The molecule has 0 unspecified atom stereocenters. The maximum Gasteiger partial charge on any atom is 0.113 e. The van der Waals surface area contributed by atoms with E-state index in [4.69, 9.17) is 6.42 Å². The predicted octanol–water partition coefficient (Wildman–Crippen LogP) is 2.21. The van der Waals surface area contributed by atoms with Gasteiger partial charge in [0.1, 0.15) is 5.69 Å². The molecular weight excluding hydrogens is 158 g/mol. The lowest BCUT2D eigenvalue weighted by molar-refractivity contribution is 0.983. The van der Waals surface area contributed by atoms with Gasteiger partial charge in [0.25, 0.3) is 0 Å². The Morgan fingerprint density at radius 1 is 1.46 bits per heavy atom. The van der Waals surface area contributed by atoms with Crippen LogP contribution < -0.4 is 0 Å². The summed E-state index contributed by atoms with van der Waals surface area (Å²) >= 11 is 0. The van der Waals surface area contributed by atoms with Crippen LogP contribution in [0.15, 0.2) is 18.3 Å². The van der Waals surface area contributed by atoms with Crippen molar-refractivity contribution in [2.24, 2.45) is 0 Å². The number of pyridine rings is 1. The topological polar surface area (TPSA) is 12.9 Å². The summed E-state index contributed by atoms with van der Waals surface area (Å²) in [6.45, 7) is 2.10. The van der Waals surface area contributed by atoms with Crippen molar-refractivity contribution in [1.29, 1.82) is 0 Å². The molecule has 1 heterocycles. The van der Waals surface area contributed by atoms with Gasteiger partial charge in [-0.05, 0) is 24.5 Å². The predicted molar refractivity (Wildman–Crippen MR) is 54.0 cm³/mol. The molecule has 0 aliphatic rings. The van der Waals surface area contributed by atoms with Crippen molar-refractivity contribution in [3.63, 3.8) is 0 Å².